The lowest BCUT2D eigenvalue weighted by atomic mass is 10.2. The largest absolute Gasteiger partial charge is 0.530 e. The molecule has 1 aromatic heterocycles. The molecule has 0 saturated carbocycles. The molecule has 0 saturated heterocycles. The summed E-state index contributed by atoms with van der Waals surface area (Å²) in [5.41, 5.74) is 1.52. The first-order valence-corrected chi connectivity index (χ1v) is 13.9. The van der Waals surface area contributed by atoms with Gasteiger partial charge in [-0.1, -0.05) is 86.6 Å². The minimum Gasteiger partial charge on any atom is -0.403 e. The summed E-state index contributed by atoms with van der Waals surface area (Å²) in [6.07, 6.45) is 1.05. The third-order valence-electron chi connectivity index (χ3n) is 4.70. The number of rotatable bonds is 11. The van der Waals surface area contributed by atoms with Crippen LogP contribution in [-0.4, -0.2) is 15.8 Å². The number of carbonyl (C=O) groups excluding carboxylic acids is 1. The van der Waals surface area contributed by atoms with E-state index in [-0.39, 0.29) is 34.7 Å². The van der Waals surface area contributed by atoms with Gasteiger partial charge in [0.25, 0.3) is 5.91 Å². The number of anilines is 1. The van der Waals surface area contributed by atoms with Gasteiger partial charge in [0.05, 0.1) is 23.7 Å². The van der Waals surface area contributed by atoms with E-state index < -0.39 is 18.7 Å². The second-order valence-corrected chi connectivity index (χ2v) is 9.87. The highest BCUT2D eigenvalue weighted by Crippen LogP contribution is 2.51. The van der Waals surface area contributed by atoms with Crippen molar-refractivity contribution in [3.05, 3.63) is 118 Å². The van der Waals surface area contributed by atoms with Gasteiger partial charge in [-0.05, 0) is 34.6 Å². The van der Waals surface area contributed by atoms with Crippen molar-refractivity contribution in [3.8, 4) is 5.75 Å². The van der Waals surface area contributed by atoms with E-state index in [2.05, 4.69) is 10.3 Å². The topological polar surface area (TPSA) is 130 Å². The van der Waals surface area contributed by atoms with Gasteiger partial charge in [-0.3, -0.25) is 29.3 Å². The normalized spacial score (nSPS) is 10.7. The quantitative estimate of drug-likeness (QED) is 0.116. The summed E-state index contributed by atoms with van der Waals surface area (Å²) < 4.78 is 30.6. The van der Waals surface area contributed by atoms with E-state index in [1.54, 1.807) is 36.4 Å². The van der Waals surface area contributed by atoms with Crippen LogP contribution in [0.25, 0.3) is 0 Å². The second-order valence-electron chi connectivity index (χ2n) is 7.27. The van der Waals surface area contributed by atoms with E-state index in [0.29, 0.717) is 11.3 Å². The van der Waals surface area contributed by atoms with Crippen LogP contribution in [0.2, 0.25) is 0 Å². The number of phosphoric acid groups is 1. The first-order chi connectivity index (χ1) is 18.4. The fourth-order valence-electron chi connectivity index (χ4n) is 2.97. The Hall–Kier alpha value is -3.89. The minimum atomic E-state index is -4.21. The van der Waals surface area contributed by atoms with Crippen molar-refractivity contribution in [2.24, 2.45) is 0 Å². The van der Waals surface area contributed by atoms with Crippen LogP contribution in [0.1, 0.15) is 35.3 Å². The Morgan fingerprint density at radius 3 is 1.97 bits per heavy atom. The van der Waals surface area contributed by atoms with Gasteiger partial charge in [0.15, 0.2) is 5.13 Å². The molecule has 0 bridgehead atoms. The van der Waals surface area contributed by atoms with Gasteiger partial charge in [-0.2, -0.15) is 0 Å². The number of nitro groups is 1. The summed E-state index contributed by atoms with van der Waals surface area (Å²) >= 11 is 0.707. The zero-order chi connectivity index (χ0) is 27.4. The van der Waals surface area contributed by atoms with Crippen molar-refractivity contribution in [2.45, 2.75) is 27.1 Å². The van der Waals surface area contributed by atoms with E-state index in [4.69, 9.17) is 13.6 Å². The van der Waals surface area contributed by atoms with Crippen LogP contribution in [0.15, 0.2) is 91.1 Å². The molecule has 10 nitrogen and oxygen atoms in total. The van der Waals surface area contributed by atoms with Gasteiger partial charge in [0.1, 0.15) is 11.9 Å². The Morgan fingerprint density at radius 1 is 0.921 bits per heavy atom. The average molecular weight is 556 g/mol. The number of nitrogens with zero attached hydrogens (tertiary/aromatic N) is 2. The summed E-state index contributed by atoms with van der Waals surface area (Å²) in [4.78, 5) is 27.0. The van der Waals surface area contributed by atoms with Gasteiger partial charge in [0.2, 0.25) is 0 Å². The SMILES string of the molecule is CC.O=C(Nc1ncc([N+](=O)[O-])s1)c1ccccc1OP(=O)(OCc1ccccc1)OCc1ccccc1. The Morgan fingerprint density at radius 2 is 1.45 bits per heavy atom. The summed E-state index contributed by atoms with van der Waals surface area (Å²) in [5.74, 6) is -0.710. The maximum absolute atomic E-state index is 13.7. The Labute approximate surface area is 224 Å². The molecule has 4 rings (SSSR count). The Kier molecular flexibility index (Phi) is 10.7. The lowest BCUT2D eigenvalue weighted by Gasteiger charge is -2.20. The van der Waals surface area contributed by atoms with Crippen molar-refractivity contribution in [1.29, 1.82) is 0 Å². The number of aromatic nitrogens is 1. The molecular weight excluding hydrogens is 529 g/mol. The molecule has 3 aromatic carbocycles. The van der Waals surface area contributed by atoms with E-state index in [9.17, 15) is 19.5 Å². The van der Waals surface area contributed by atoms with Crippen LogP contribution in [0.3, 0.4) is 0 Å². The van der Waals surface area contributed by atoms with Crippen LogP contribution >= 0.6 is 19.2 Å². The molecule has 0 unspecified atom stereocenters. The predicted molar refractivity (Wildman–Crippen MR) is 145 cm³/mol. The molecule has 0 aliphatic heterocycles. The van der Waals surface area contributed by atoms with Gasteiger partial charge in [-0.25, -0.2) is 9.55 Å². The summed E-state index contributed by atoms with van der Waals surface area (Å²) in [6.45, 7) is 3.90. The molecule has 1 N–H and O–H groups in total. The molecule has 1 heterocycles. The Balaban J connectivity index is 0.00000195. The molecule has 38 heavy (non-hydrogen) atoms. The third-order valence-corrected chi connectivity index (χ3v) is 6.88. The van der Waals surface area contributed by atoms with E-state index >= 15 is 0 Å². The molecule has 0 fully saturated rings. The second kappa shape index (κ2) is 14.2. The number of hydrogen-bond acceptors (Lipinski definition) is 9. The number of amides is 1. The lowest BCUT2D eigenvalue weighted by Crippen LogP contribution is -2.14. The summed E-state index contributed by atoms with van der Waals surface area (Å²) in [6, 6.07) is 24.2. The van der Waals surface area contributed by atoms with Gasteiger partial charge in [-0.15, -0.1) is 0 Å². The molecule has 0 spiro atoms. The first-order valence-electron chi connectivity index (χ1n) is 11.6. The van der Waals surface area contributed by atoms with Gasteiger partial charge in [0, 0.05) is 0 Å². The number of benzene rings is 3. The zero-order valence-electron chi connectivity index (χ0n) is 20.7. The number of para-hydroxylation sites is 1. The molecule has 1 amide bonds. The number of carbonyl (C=O) groups is 1. The fraction of sp³-hybridized carbons (Fsp3) is 0.154. The highest BCUT2D eigenvalue weighted by atomic mass is 32.1. The van der Waals surface area contributed by atoms with E-state index in [1.165, 1.54) is 12.1 Å². The van der Waals surface area contributed by atoms with E-state index in [1.807, 2.05) is 50.2 Å². The number of thiazole rings is 1. The maximum Gasteiger partial charge on any atom is 0.530 e. The number of hydrogen-bond donors (Lipinski definition) is 1. The van der Waals surface area contributed by atoms with E-state index in [0.717, 1.165) is 17.3 Å². The van der Waals surface area contributed by atoms with Crippen LogP contribution in [-0.2, 0) is 26.8 Å². The van der Waals surface area contributed by atoms with Crippen LogP contribution in [0.5, 0.6) is 5.75 Å². The van der Waals surface area contributed by atoms with Gasteiger partial charge < -0.3 is 4.52 Å². The van der Waals surface area contributed by atoms with Crippen molar-refractivity contribution in [1.82, 2.24) is 4.98 Å². The molecule has 0 aliphatic rings. The highest BCUT2D eigenvalue weighted by molar-refractivity contribution is 7.48. The smallest absolute Gasteiger partial charge is 0.403 e. The van der Waals surface area contributed by atoms with Crippen molar-refractivity contribution in [3.63, 3.8) is 0 Å². The molecule has 0 atom stereocenters. The van der Waals surface area contributed by atoms with Gasteiger partial charge >= 0.3 is 12.8 Å². The van der Waals surface area contributed by atoms with Crippen LogP contribution in [0, 0.1) is 10.1 Å². The summed E-state index contributed by atoms with van der Waals surface area (Å²) in [7, 11) is -4.21. The van der Waals surface area contributed by atoms with Crippen molar-refractivity contribution < 1.29 is 27.9 Å². The van der Waals surface area contributed by atoms with Crippen LogP contribution < -0.4 is 9.84 Å². The number of phosphoric ester groups is 1. The average Bonchev–Trinajstić information content (AvgIpc) is 3.42. The molecule has 4 aromatic rings. The molecule has 0 radical (unpaired) electrons. The first kappa shape index (κ1) is 28.7. The summed E-state index contributed by atoms with van der Waals surface area (Å²) in [5, 5.41) is 13.2. The standard InChI is InChI=1S/C24H20N3O7PS.C2H6/c28-23(26-24-25-15-22(36-24)27(29)30)20-13-7-8-14-21(20)34-35(31,32-16-18-9-3-1-4-10-18)33-17-19-11-5-2-6-12-19;1-2/h1-15H,16-17H2,(H,25,26,28);1-2H3. The third kappa shape index (κ3) is 8.32. The Bertz CT molecular complexity index is 1340. The van der Waals surface area contributed by atoms with Crippen molar-refractivity contribution >= 4 is 35.2 Å². The fourth-order valence-corrected chi connectivity index (χ4v) is 4.79. The maximum atomic E-state index is 13.7. The molecule has 0 aliphatic carbocycles. The van der Waals surface area contributed by atoms with Crippen LogP contribution in [0.4, 0.5) is 10.1 Å². The highest BCUT2D eigenvalue weighted by Gasteiger charge is 2.31. The predicted octanol–water partition coefficient (Wildman–Crippen LogP) is 7.25. The zero-order valence-corrected chi connectivity index (χ0v) is 22.4. The molecular formula is C26H26N3O7PS. The minimum absolute atomic E-state index is 0.0159. The number of nitrogens with one attached hydrogen (secondary N) is 1. The van der Waals surface area contributed by atoms with Crippen molar-refractivity contribution in [2.75, 3.05) is 5.32 Å². The molecule has 12 heteroatoms. The molecule has 198 valence electrons. The monoisotopic (exact) mass is 555 g/mol. The lowest BCUT2D eigenvalue weighted by molar-refractivity contribution is -0.380.